The number of fused-ring (bicyclic) bond motifs is 9. The average molecular weight is 577 g/mol. The van der Waals surface area contributed by atoms with E-state index < -0.39 is 0 Å². The molecule has 3 unspecified atom stereocenters. The first-order valence-corrected chi connectivity index (χ1v) is 16.6. The maximum atomic E-state index is 2.76. The van der Waals surface area contributed by atoms with Crippen molar-refractivity contribution in [3.8, 4) is 22.5 Å². The summed E-state index contributed by atoms with van der Waals surface area (Å²) >= 11 is 0. The molecule has 8 aromatic rings. The van der Waals surface area contributed by atoms with Crippen LogP contribution in [0.25, 0.3) is 66.2 Å². The van der Waals surface area contributed by atoms with Crippen LogP contribution in [0.2, 0.25) is 0 Å². The van der Waals surface area contributed by atoms with Crippen molar-refractivity contribution in [2.24, 2.45) is 11.8 Å². The first-order valence-electron chi connectivity index (χ1n) is 16.6. The molecule has 0 radical (unpaired) electrons. The Bertz CT molecular complexity index is 2620. The zero-order chi connectivity index (χ0) is 29.0. The fraction of sp³-hybridized carbons (Fsp3) is 0.167. The highest BCUT2D eigenvalue weighted by molar-refractivity contribution is 6.13. The summed E-state index contributed by atoms with van der Waals surface area (Å²) in [6.07, 6.45) is 7.51. The lowest BCUT2D eigenvalue weighted by Crippen LogP contribution is -2.67. The average Bonchev–Trinajstić information content (AvgIpc) is 3.80. The van der Waals surface area contributed by atoms with Crippen LogP contribution < -0.4 is 4.57 Å². The van der Waals surface area contributed by atoms with Crippen LogP contribution >= 0.6 is 0 Å². The zero-order valence-corrected chi connectivity index (χ0v) is 24.9. The first-order chi connectivity index (χ1) is 22.3. The molecule has 0 saturated heterocycles. The van der Waals surface area contributed by atoms with Gasteiger partial charge < -0.3 is 4.57 Å². The molecule has 3 aromatic heterocycles. The zero-order valence-electron chi connectivity index (χ0n) is 24.9. The third-order valence-electron chi connectivity index (χ3n) is 12.0. The molecule has 5 aromatic carbocycles. The van der Waals surface area contributed by atoms with Crippen LogP contribution in [0.15, 0.2) is 121 Å². The number of para-hydroxylation sites is 2. The molecule has 2 aliphatic heterocycles. The normalized spacial score (nSPS) is 22.0. The lowest BCUT2D eigenvalue weighted by atomic mass is 9.59. The van der Waals surface area contributed by atoms with Gasteiger partial charge in [-0.05, 0) is 84.3 Å². The highest BCUT2D eigenvalue weighted by atomic mass is 15.2. The summed E-state index contributed by atoms with van der Waals surface area (Å²) < 4.78 is 8.02. The van der Waals surface area contributed by atoms with Crippen molar-refractivity contribution in [2.75, 3.05) is 0 Å². The lowest BCUT2D eigenvalue weighted by molar-refractivity contribution is -0.734. The second kappa shape index (κ2) is 7.73. The Morgan fingerprint density at radius 2 is 1.31 bits per heavy atom. The van der Waals surface area contributed by atoms with E-state index in [4.69, 9.17) is 0 Å². The van der Waals surface area contributed by atoms with E-state index in [0.29, 0.717) is 11.8 Å². The molecular formula is C42H30N3+. The standard InChI is InChI=1S/C42H30N3/c1-2-10-25(11-3-1)28-23-36-39-37(24-28)45-35-18-7-5-14-30(35)32-15-9-21-43(41(32)45)42(39)33-16-8-12-26(33)22-27-19-20-31-29-13-4-6-17-34(29)44(36)40(31)38(27)42/h1-7,9-11,13-15,17-21,23-24,26,33H,8,12,16,22H2/q+1. The third kappa shape index (κ3) is 2.48. The maximum Gasteiger partial charge on any atom is 0.296 e. The minimum atomic E-state index is -0.262. The van der Waals surface area contributed by atoms with Crippen molar-refractivity contribution in [3.63, 3.8) is 0 Å². The maximum absolute atomic E-state index is 2.76. The van der Waals surface area contributed by atoms with Gasteiger partial charge in [-0.25, -0.2) is 4.57 Å². The van der Waals surface area contributed by atoms with E-state index in [0.717, 1.165) is 0 Å². The van der Waals surface area contributed by atoms with Gasteiger partial charge in [0.15, 0.2) is 5.54 Å². The fourth-order valence-electron chi connectivity index (χ4n) is 10.6. The van der Waals surface area contributed by atoms with Crippen molar-refractivity contribution in [1.29, 1.82) is 0 Å². The van der Waals surface area contributed by atoms with E-state index >= 15 is 0 Å². The van der Waals surface area contributed by atoms with Crippen molar-refractivity contribution >= 4 is 43.7 Å². The minimum Gasteiger partial charge on any atom is -0.308 e. The molecule has 2 aliphatic carbocycles. The predicted molar refractivity (Wildman–Crippen MR) is 181 cm³/mol. The van der Waals surface area contributed by atoms with Gasteiger partial charge in [0.2, 0.25) is 0 Å². The number of pyridine rings is 1. The smallest absolute Gasteiger partial charge is 0.296 e. The van der Waals surface area contributed by atoms with Crippen LogP contribution in [-0.4, -0.2) is 9.13 Å². The molecule has 3 heteroatoms. The third-order valence-corrected chi connectivity index (χ3v) is 12.0. The molecule has 3 nitrogen and oxygen atoms in total. The molecule has 45 heavy (non-hydrogen) atoms. The summed E-state index contributed by atoms with van der Waals surface area (Å²) in [6.45, 7) is 0. The van der Waals surface area contributed by atoms with Crippen LogP contribution in [0.5, 0.6) is 0 Å². The Kier molecular flexibility index (Phi) is 4.00. The van der Waals surface area contributed by atoms with Gasteiger partial charge in [-0.1, -0.05) is 79.2 Å². The van der Waals surface area contributed by atoms with Crippen molar-refractivity contribution in [3.05, 3.63) is 138 Å². The molecule has 12 rings (SSSR count). The monoisotopic (exact) mass is 576 g/mol. The van der Waals surface area contributed by atoms with Gasteiger partial charge in [0.05, 0.1) is 33.9 Å². The van der Waals surface area contributed by atoms with Gasteiger partial charge in [0.1, 0.15) is 11.2 Å². The number of rotatable bonds is 1. The Morgan fingerprint density at radius 3 is 2.16 bits per heavy atom. The number of hydrogen-bond acceptors (Lipinski definition) is 0. The van der Waals surface area contributed by atoms with E-state index in [1.165, 1.54) is 97.5 Å². The van der Waals surface area contributed by atoms with E-state index in [9.17, 15) is 0 Å². The van der Waals surface area contributed by atoms with Crippen LogP contribution in [0.1, 0.15) is 36.0 Å². The summed E-state index contributed by atoms with van der Waals surface area (Å²) in [4.78, 5) is 0. The van der Waals surface area contributed by atoms with Crippen LogP contribution in [-0.2, 0) is 12.0 Å². The van der Waals surface area contributed by atoms with E-state index in [2.05, 4.69) is 135 Å². The van der Waals surface area contributed by atoms with Gasteiger partial charge in [-0.2, -0.15) is 4.57 Å². The van der Waals surface area contributed by atoms with Crippen LogP contribution in [0.4, 0.5) is 0 Å². The molecule has 0 N–H and O–H groups in total. The number of hydrogen-bond donors (Lipinski definition) is 0. The Hall–Kier alpha value is -5.15. The van der Waals surface area contributed by atoms with Crippen molar-refractivity contribution < 1.29 is 4.57 Å². The molecule has 4 aliphatic rings. The molecule has 1 spiro atoms. The summed E-state index contributed by atoms with van der Waals surface area (Å²) in [6, 6.07) is 43.8. The summed E-state index contributed by atoms with van der Waals surface area (Å²) in [5.41, 5.74) is 14.9. The number of benzene rings is 5. The molecule has 212 valence electrons. The second-order valence-corrected chi connectivity index (χ2v) is 13.8. The Balaban J connectivity index is 1.41. The SMILES string of the molecule is c1ccc(-c2cc3c4c(c2)-n2c5ccccc5c5ccc[n+](c52)C42c4c(ccc5c6ccccc6n-3c45)CC3CCCC32)cc1. The van der Waals surface area contributed by atoms with Gasteiger partial charge in [0.25, 0.3) is 5.65 Å². The van der Waals surface area contributed by atoms with E-state index in [1.807, 2.05) is 0 Å². The molecule has 0 bridgehead atoms. The summed E-state index contributed by atoms with van der Waals surface area (Å²) in [7, 11) is 0. The van der Waals surface area contributed by atoms with E-state index in [1.54, 1.807) is 11.1 Å². The van der Waals surface area contributed by atoms with Gasteiger partial charge in [0, 0.05) is 27.6 Å². The molecule has 3 atom stereocenters. The Morgan fingerprint density at radius 1 is 0.600 bits per heavy atom. The second-order valence-electron chi connectivity index (χ2n) is 13.8. The topological polar surface area (TPSA) is 13.7 Å². The van der Waals surface area contributed by atoms with Crippen molar-refractivity contribution in [1.82, 2.24) is 9.13 Å². The summed E-state index contributed by atoms with van der Waals surface area (Å²) in [5, 5.41) is 5.42. The predicted octanol–water partition coefficient (Wildman–Crippen LogP) is 9.23. The first kappa shape index (κ1) is 23.3. The molecule has 5 heterocycles. The highest BCUT2D eigenvalue weighted by Gasteiger charge is 2.63. The Labute approximate surface area is 260 Å². The van der Waals surface area contributed by atoms with Gasteiger partial charge in [-0.15, -0.1) is 0 Å². The van der Waals surface area contributed by atoms with Gasteiger partial charge in [-0.3, -0.25) is 0 Å². The molecule has 0 amide bonds. The summed E-state index contributed by atoms with van der Waals surface area (Å²) in [5.74, 6) is 1.23. The van der Waals surface area contributed by atoms with Gasteiger partial charge >= 0.3 is 0 Å². The number of aromatic nitrogens is 3. The lowest BCUT2D eigenvalue weighted by Gasteiger charge is -2.50. The van der Waals surface area contributed by atoms with Crippen LogP contribution in [0, 0.1) is 11.8 Å². The molecular weight excluding hydrogens is 546 g/mol. The molecule has 1 fully saturated rings. The largest absolute Gasteiger partial charge is 0.308 e. The van der Waals surface area contributed by atoms with Crippen LogP contribution in [0.3, 0.4) is 0 Å². The molecule has 1 saturated carbocycles. The minimum absolute atomic E-state index is 0.262. The van der Waals surface area contributed by atoms with Crippen molar-refractivity contribution in [2.45, 2.75) is 31.2 Å². The highest BCUT2D eigenvalue weighted by Crippen LogP contribution is 2.62. The fourth-order valence-corrected chi connectivity index (χ4v) is 10.6. The number of nitrogens with zero attached hydrogens (tertiary/aromatic N) is 3. The quantitative estimate of drug-likeness (QED) is 0.173. The van der Waals surface area contributed by atoms with E-state index in [-0.39, 0.29) is 5.54 Å².